The van der Waals surface area contributed by atoms with E-state index < -0.39 is 0 Å². The van der Waals surface area contributed by atoms with Gasteiger partial charge in [0.05, 0.1) is 12.7 Å². The van der Waals surface area contributed by atoms with Crippen molar-refractivity contribution in [2.24, 2.45) is 0 Å². The molecule has 0 saturated carbocycles. The van der Waals surface area contributed by atoms with Crippen molar-refractivity contribution in [1.29, 1.82) is 0 Å². The summed E-state index contributed by atoms with van der Waals surface area (Å²) in [5, 5.41) is 3.89. The standard InChI is InChI=1S/C13H16ClNO2/c14-11-3-1-2-10(6-11)7-12(16)8-13-9-15-4-5-17-13/h1-3,6,13,15H,4-5,7-9H2. The molecule has 0 radical (unpaired) electrons. The van der Waals surface area contributed by atoms with Crippen molar-refractivity contribution >= 4 is 17.4 Å². The summed E-state index contributed by atoms with van der Waals surface area (Å²) < 4.78 is 5.50. The van der Waals surface area contributed by atoms with Crippen molar-refractivity contribution in [2.75, 3.05) is 19.7 Å². The van der Waals surface area contributed by atoms with E-state index in [1.54, 1.807) is 0 Å². The highest BCUT2D eigenvalue weighted by Gasteiger charge is 2.17. The van der Waals surface area contributed by atoms with Gasteiger partial charge in [-0.1, -0.05) is 23.7 Å². The third kappa shape index (κ3) is 4.11. The molecule has 1 unspecified atom stereocenters. The van der Waals surface area contributed by atoms with E-state index in [0.717, 1.165) is 18.7 Å². The summed E-state index contributed by atoms with van der Waals surface area (Å²) in [5.41, 5.74) is 0.964. The number of nitrogens with one attached hydrogen (secondary N) is 1. The summed E-state index contributed by atoms with van der Waals surface area (Å²) in [6, 6.07) is 7.43. The predicted molar refractivity (Wildman–Crippen MR) is 67.4 cm³/mol. The lowest BCUT2D eigenvalue weighted by Crippen LogP contribution is -2.39. The van der Waals surface area contributed by atoms with Crippen LogP contribution in [0, 0.1) is 0 Å². The van der Waals surface area contributed by atoms with Gasteiger partial charge in [0.15, 0.2) is 0 Å². The number of halogens is 1. The van der Waals surface area contributed by atoms with Crippen molar-refractivity contribution in [3.63, 3.8) is 0 Å². The number of morpholine rings is 1. The minimum atomic E-state index is 0.0236. The first kappa shape index (κ1) is 12.6. The zero-order valence-electron chi connectivity index (χ0n) is 9.62. The second-order valence-corrected chi connectivity index (χ2v) is 4.68. The number of ether oxygens (including phenoxy) is 1. The Morgan fingerprint density at radius 1 is 1.53 bits per heavy atom. The van der Waals surface area contributed by atoms with Gasteiger partial charge in [0, 0.05) is 31.0 Å². The number of hydrogen-bond acceptors (Lipinski definition) is 3. The van der Waals surface area contributed by atoms with Crippen LogP contribution < -0.4 is 5.32 Å². The molecule has 3 nitrogen and oxygen atoms in total. The van der Waals surface area contributed by atoms with E-state index in [0.29, 0.717) is 24.5 Å². The van der Waals surface area contributed by atoms with E-state index in [1.807, 2.05) is 24.3 Å². The van der Waals surface area contributed by atoms with Crippen molar-refractivity contribution in [3.05, 3.63) is 34.9 Å². The lowest BCUT2D eigenvalue weighted by Gasteiger charge is -2.22. The van der Waals surface area contributed by atoms with Gasteiger partial charge in [-0.05, 0) is 17.7 Å². The summed E-state index contributed by atoms with van der Waals surface area (Å²) in [4.78, 5) is 11.8. The van der Waals surface area contributed by atoms with Gasteiger partial charge in [-0.2, -0.15) is 0 Å². The van der Waals surface area contributed by atoms with Crippen molar-refractivity contribution in [2.45, 2.75) is 18.9 Å². The van der Waals surface area contributed by atoms with Gasteiger partial charge in [0.1, 0.15) is 5.78 Å². The first-order chi connectivity index (χ1) is 8.24. The van der Waals surface area contributed by atoms with Gasteiger partial charge in [-0.3, -0.25) is 4.79 Å². The molecular formula is C13H16ClNO2. The molecular weight excluding hydrogens is 238 g/mol. The molecule has 0 spiro atoms. The Hall–Kier alpha value is -0.900. The molecule has 1 N–H and O–H groups in total. The fourth-order valence-electron chi connectivity index (χ4n) is 1.95. The van der Waals surface area contributed by atoms with Gasteiger partial charge in [-0.25, -0.2) is 0 Å². The third-order valence-corrected chi connectivity index (χ3v) is 2.99. The van der Waals surface area contributed by atoms with Crippen LogP contribution in [0.15, 0.2) is 24.3 Å². The maximum absolute atomic E-state index is 11.8. The Morgan fingerprint density at radius 2 is 2.41 bits per heavy atom. The lowest BCUT2D eigenvalue weighted by atomic mass is 10.0. The number of rotatable bonds is 4. The molecule has 1 aromatic carbocycles. The van der Waals surface area contributed by atoms with E-state index in [-0.39, 0.29) is 11.9 Å². The second kappa shape index (κ2) is 6.15. The van der Waals surface area contributed by atoms with E-state index in [1.165, 1.54) is 0 Å². The summed E-state index contributed by atoms with van der Waals surface area (Å²) in [6.45, 7) is 2.33. The van der Waals surface area contributed by atoms with Crippen LogP contribution in [0.1, 0.15) is 12.0 Å². The Bertz CT molecular complexity index is 389. The molecule has 1 heterocycles. The molecule has 1 atom stereocenters. The minimum absolute atomic E-state index is 0.0236. The SMILES string of the molecule is O=C(Cc1cccc(Cl)c1)CC1CNCCO1. The van der Waals surface area contributed by atoms with Crippen molar-refractivity contribution < 1.29 is 9.53 Å². The van der Waals surface area contributed by atoms with Crippen LogP contribution in [0.3, 0.4) is 0 Å². The van der Waals surface area contributed by atoms with Gasteiger partial charge < -0.3 is 10.1 Å². The third-order valence-electron chi connectivity index (χ3n) is 2.75. The number of carbonyl (C=O) groups is 1. The largest absolute Gasteiger partial charge is 0.375 e. The van der Waals surface area contributed by atoms with Crippen LogP contribution in [-0.4, -0.2) is 31.6 Å². The number of carbonyl (C=O) groups excluding carboxylic acids is 1. The molecule has 17 heavy (non-hydrogen) atoms. The average Bonchev–Trinajstić information content (AvgIpc) is 2.30. The highest BCUT2D eigenvalue weighted by molar-refractivity contribution is 6.30. The average molecular weight is 254 g/mol. The fourth-order valence-corrected chi connectivity index (χ4v) is 2.16. The number of benzene rings is 1. The zero-order valence-corrected chi connectivity index (χ0v) is 10.4. The van der Waals surface area contributed by atoms with Crippen LogP contribution >= 0.6 is 11.6 Å². The van der Waals surface area contributed by atoms with Crippen LogP contribution in [-0.2, 0) is 16.0 Å². The first-order valence-electron chi connectivity index (χ1n) is 5.82. The van der Waals surface area contributed by atoms with Gasteiger partial charge >= 0.3 is 0 Å². The molecule has 1 aliphatic heterocycles. The molecule has 1 aromatic rings. The fraction of sp³-hybridized carbons (Fsp3) is 0.462. The zero-order chi connectivity index (χ0) is 12.1. The summed E-state index contributed by atoms with van der Waals surface area (Å²) in [5.74, 6) is 0.195. The van der Waals surface area contributed by atoms with E-state index in [4.69, 9.17) is 16.3 Å². The molecule has 0 bridgehead atoms. The second-order valence-electron chi connectivity index (χ2n) is 4.25. The monoisotopic (exact) mass is 253 g/mol. The normalized spacial score (nSPS) is 20.2. The number of ketones is 1. The van der Waals surface area contributed by atoms with E-state index in [9.17, 15) is 4.79 Å². The Balaban J connectivity index is 1.84. The number of Topliss-reactive ketones (excluding diaryl/α,β-unsaturated/α-hetero) is 1. The highest BCUT2D eigenvalue weighted by atomic mass is 35.5. The van der Waals surface area contributed by atoms with Crippen LogP contribution in [0.5, 0.6) is 0 Å². The molecule has 1 saturated heterocycles. The van der Waals surface area contributed by atoms with Crippen LogP contribution in [0.25, 0.3) is 0 Å². The summed E-state index contributed by atoms with van der Waals surface area (Å²) >= 11 is 5.87. The molecule has 4 heteroatoms. The van der Waals surface area contributed by atoms with Crippen molar-refractivity contribution in [3.8, 4) is 0 Å². The van der Waals surface area contributed by atoms with E-state index in [2.05, 4.69) is 5.32 Å². The molecule has 2 rings (SSSR count). The first-order valence-corrected chi connectivity index (χ1v) is 6.20. The molecule has 0 aliphatic carbocycles. The topological polar surface area (TPSA) is 38.3 Å². The maximum atomic E-state index is 11.8. The molecule has 92 valence electrons. The Morgan fingerprint density at radius 3 is 3.12 bits per heavy atom. The summed E-state index contributed by atoms with van der Waals surface area (Å²) in [7, 11) is 0. The molecule has 1 aliphatic rings. The van der Waals surface area contributed by atoms with Crippen LogP contribution in [0.2, 0.25) is 5.02 Å². The Labute approximate surface area is 106 Å². The predicted octanol–water partition coefficient (Wildman–Crippen LogP) is 1.83. The van der Waals surface area contributed by atoms with Gasteiger partial charge in [0.2, 0.25) is 0 Å². The Kier molecular flexibility index (Phi) is 4.54. The molecule has 0 aromatic heterocycles. The van der Waals surface area contributed by atoms with Gasteiger partial charge in [-0.15, -0.1) is 0 Å². The minimum Gasteiger partial charge on any atom is -0.375 e. The lowest BCUT2D eigenvalue weighted by molar-refractivity contribution is -0.121. The van der Waals surface area contributed by atoms with Crippen molar-refractivity contribution in [1.82, 2.24) is 5.32 Å². The molecule has 0 amide bonds. The smallest absolute Gasteiger partial charge is 0.139 e. The number of hydrogen-bond donors (Lipinski definition) is 1. The summed E-state index contributed by atoms with van der Waals surface area (Å²) in [6.07, 6.45) is 0.926. The maximum Gasteiger partial charge on any atom is 0.139 e. The van der Waals surface area contributed by atoms with E-state index >= 15 is 0 Å². The van der Waals surface area contributed by atoms with Crippen LogP contribution in [0.4, 0.5) is 0 Å². The van der Waals surface area contributed by atoms with Gasteiger partial charge in [0.25, 0.3) is 0 Å². The highest BCUT2D eigenvalue weighted by Crippen LogP contribution is 2.13. The quantitative estimate of drug-likeness (QED) is 0.890. The molecule has 1 fully saturated rings.